The lowest BCUT2D eigenvalue weighted by Gasteiger charge is -2.26. The van der Waals surface area contributed by atoms with Crippen molar-refractivity contribution in [3.8, 4) is 0 Å². The van der Waals surface area contributed by atoms with Crippen LogP contribution < -0.4 is 5.32 Å². The molecule has 1 amide bonds. The van der Waals surface area contributed by atoms with Crippen molar-refractivity contribution < 1.29 is 19.6 Å². The Hall–Kier alpha value is -2.64. The lowest BCUT2D eigenvalue weighted by molar-refractivity contribution is -0.384. The molecule has 1 aromatic rings. The number of nitrogens with one attached hydrogen (secondary N) is 1. The Morgan fingerprint density at radius 3 is 2.50 bits per heavy atom. The first-order valence-electron chi connectivity index (χ1n) is 7.99. The van der Waals surface area contributed by atoms with Crippen molar-refractivity contribution in [1.29, 1.82) is 0 Å². The fourth-order valence-electron chi connectivity index (χ4n) is 2.66. The van der Waals surface area contributed by atoms with Crippen LogP contribution in [0.5, 0.6) is 0 Å². The number of nitrogens with zero attached hydrogens (tertiary/aromatic N) is 2. The van der Waals surface area contributed by atoms with Crippen LogP contribution in [-0.2, 0) is 4.79 Å². The van der Waals surface area contributed by atoms with Crippen molar-refractivity contribution in [3.63, 3.8) is 0 Å². The molecule has 24 heavy (non-hydrogen) atoms. The summed E-state index contributed by atoms with van der Waals surface area (Å²) >= 11 is 0. The number of hydrogen-bond donors (Lipinski definition) is 2. The Balaban J connectivity index is 1.89. The summed E-state index contributed by atoms with van der Waals surface area (Å²) in [4.78, 5) is 36.1. The van der Waals surface area contributed by atoms with E-state index in [0.29, 0.717) is 5.69 Å². The van der Waals surface area contributed by atoms with E-state index in [1.165, 1.54) is 30.0 Å². The van der Waals surface area contributed by atoms with Gasteiger partial charge in [0.2, 0.25) is 0 Å². The van der Waals surface area contributed by atoms with Crippen molar-refractivity contribution in [2.45, 2.75) is 50.7 Å². The lowest BCUT2D eigenvalue weighted by Crippen LogP contribution is -2.44. The van der Waals surface area contributed by atoms with Gasteiger partial charge in [-0.3, -0.25) is 14.9 Å². The van der Waals surface area contributed by atoms with E-state index in [2.05, 4.69) is 5.32 Å². The summed E-state index contributed by atoms with van der Waals surface area (Å²) in [5.41, 5.74) is 0.373. The maximum Gasteiger partial charge on any atom is 0.326 e. The van der Waals surface area contributed by atoms with Crippen LogP contribution in [0.1, 0.15) is 43.0 Å². The summed E-state index contributed by atoms with van der Waals surface area (Å²) in [6, 6.07) is 3.46. The van der Waals surface area contributed by atoms with Crippen molar-refractivity contribution in [3.05, 3.63) is 33.9 Å². The Bertz CT molecular complexity index is 697. The highest BCUT2D eigenvalue weighted by molar-refractivity contribution is 5.98. The number of amides is 1. The molecule has 0 heterocycles. The van der Waals surface area contributed by atoms with Gasteiger partial charge in [-0.05, 0) is 44.7 Å². The van der Waals surface area contributed by atoms with Crippen LogP contribution >= 0.6 is 0 Å². The van der Waals surface area contributed by atoms with Crippen LogP contribution in [0.3, 0.4) is 0 Å². The van der Waals surface area contributed by atoms with E-state index in [1.807, 2.05) is 0 Å². The van der Waals surface area contributed by atoms with Gasteiger partial charge < -0.3 is 15.3 Å². The van der Waals surface area contributed by atoms with Crippen molar-refractivity contribution in [1.82, 2.24) is 4.90 Å². The summed E-state index contributed by atoms with van der Waals surface area (Å²) in [5.74, 6) is -1.56. The zero-order valence-corrected chi connectivity index (χ0v) is 13.3. The number of carboxylic acids is 1. The molecular formula is C16H19N3O5. The van der Waals surface area contributed by atoms with Gasteiger partial charge in [0.15, 0.2) is 0 Å². The molecule has 0 bridgehead atoms. The highest BCUT2D eigenvalue weighted by atomic mass is 16.6. The van der Waals surface area contributed by atoms with E-state index in [4.69, 9.17) is 0 Å². The van der Waals surface area contributed by atoms with Gasteiger partial charge >= 0.3 is 5.97 Å². The summed E-state index contributed by atoms with van der Waals surface area (Å²) < 4.78 is 0. The summed E-state index contributed by atoms with van der Waals surface area (Å²) in [6.45, 7) is 1.45. The van der Waals surface area contributed by atoms with Crippen LogP contribution in [0, 0.1) is 10.1 Å². The summed E-state index contributed by atoms with van der Waals surface area (Å²) in [5, 5.41) is 23.6. The molecular weight excluding hydrogens is 314 g/mol. The molecule has 128 valence electrons. The van der Waals surface area contributed by atoms with Gasteiger partial charge in [0.25, 0.3) is 11.6 Å². The van der Waals surface area contributed by atoms with Gasteiger partial charge in [0.1, 0.15) is 11.7 Å². The second-order valence-electron chi connectivity index (χ2n) is 6.37. The SMILES string of the molecule is CC(C(=O)O)N(C(=O)c1ccc(NC2CC2)c([N+](=O)[O-])c1)C1CC1. The molecule has 1 aromatic carbocycles. The monoisotopic (exact) mass is 333 g/mol. The molecule has 2 aliphatic carbocycles. The number of anilines is 1. The van der Waals surface area contributed by atoms with E-state index in [9.17, 15) is 24.8 Å². The molecule has 3 rings (SSSR count). The number of carbonyl (C=O) groups is 2. The molecule has 2 N–H and O–H groups in total. The van der Waals surface area contributed by atoms with Gasteiger partial charge in [-0.1, -0.05) is 0 Å². The second kappa shape index (κ2) is 6.10. The third kappa shape index (κ3) is 3.32. The largest absolute Gasteiger partial charge is 0.480 e. The molecule has 1 atom stereocenters. The maximum absolute atomic E-state index is 12.7. The highest BCUT2D eigenvalue weighted by Crippen LogP contribution is 2.34. The minimum atomic E-state index is -1.09. The highest BCUT2D eigenvalue weighted by Gasteiger charge is 2.39. The third-order valence-electron chi connectivity index (χ3n) is 4.33. The number of carboxylic acid groups (broad SMARTS) is 1. The van der Waals surface area contributed by atoms with Crippen LogP contribution in [0.25, 0.3) is 0 Å². The summed E-state index contributed by atoms with van der Waals surface area (Å²) in [6.07, 6.45) is 3.46. The van der Waals surface area contributed by atoms with E-state index >= 15 is 0 Å². The fourth-order valence-corrected chi connectivity index (χ4v) is 2.66. The third-order valence-corrected chi connectivity index (χ3v) is 4.33. The first-order chi connectivity index (χ1) is 11.4. The van der Waals surface area contributed by atoms with Gasteiger partial charge in [0, 0.05) is 23.7 Å². The van der Waals surface area contributed by atoms with E-state index in [1.54, 1.807) is 0 Å². The minimum Gasteiger partial charge on any atom is -0.480 e. The number of aliphatic carboxylic acids is 1. The quantitative estimate of drug-likeness (QED) is 0.584. The zero-order valence-electron chi connectivity index (χ0n) is 13.3. The standard InChI is InChI=1S/C16H19N3O5/c1-9(16(21)22)18(12-5-6-12)15(20)10-2-7-13(17-11-3-4-11)14(8-10)19(23)24/h2,7-9,11-12,17H,3-6H2,1H3,(H,21,22). The first kappa shape index (κ1) is 16.2. The number of carbonyl (C=O) groups excluding carboxylic acids is 1. The van der Waals surface area contributed by atoms with E-state index < -0.39 is 22.8 Å². The van der Waals surface area contributed by atoms with Crippen LogP contribution in [0.15, 0.2) is 18.2 Å². The average Bonchev–Trinajstić information content (AvgIpc) is 3.42. The molecule has 1 unspecified atom stereocenters. The molecule has 0 saturated heterocycles. The smallest absolute Gasteiger partial charge is 0.326 e. The van der Waals surface area contributed by atoms with Crippen LogP contribution in [0.4, 0.5) is 11.4 Å². The van der Waals surface area contributed by atoms with Crippen LogP contribution in [-0.4, -0.2) is 44.9 Å². The molecule has 0 aliphatic heterocycles. The van der Waals surface area contributed by atoms with E-state index in [-0.39, 0.29) is 23.3 Å². The average molecular weight is 333 g/mol. The number of benzene rings is 1. The molecule has 2 saturated carbocycles. The molecule has 0 aromatic heterocycles. The molecule has 2 aliphatic rings. The topological polar surface area (TPSA) is 113 Å². The summed E-state index contributed by atoms with van der Waals surface area (Å²) in [7, 11) is 0. The Labute approximate surface area is 138 Å². The maximum atomic E-state index is 12.7. The fraction of sp³-hybridized carbons (Fsp3) is 0.500. The predicted octanol–water partition coefficient (Wildman–Crippen LogP) is 2.25. The molecule has 0 spiro atoms. The van der Waals surface area contributed by atoms with Crippen LogP contribution in [0.2, 0.25) is 0 Å². The number of nitro benzene ring substituents is 1. The molecule has 0 radical (unpaired) electrons. The van der Waals surface area contributed by atoms with Crippen molar-refractivity contribution in [2.24, 2.45) is 0 Å². The number of rotatable bonds is 7. The second-order valence-corrected chi connectivity index (χ2v) is 6.37. The number of hydrogen-bond acceptors (Lipinski definition) is 5. The lowest BCUT2D eigenvalue weighted by atomic mass is 10.1. The predicted molar refractivity (Wildman–Crippen MR) is 86.0 cm³/mol. The van der Waals surface area contributed by atoms with Crippen molar-refractivity contribution >= 4 is 23.3 Å². The van der Waals surface area contributed by atoms with E-state index in [0.717, 1.165) is 25.7 Å². The van der Waals surface area contributed by atoms with Gasteiger partial charge in [-0.15, -0.1) is 0 Å². The molecule has 2 fully saturated rings. The van der Waals surface area contributed by atoms with Crippen molar-refractivity contribution in [2.75, 3.05) is 5.32 Å². The van der Waals surface area contributed by atoms with Gasteiger partial charge in [-0.25, -0.2) is 4.79 Å². The number of nitro groups is 1. The first-order valence-corrected chi connectivity index (χ1v) is 7.99. The molecule has 8 nitrogen and oxygen atoms in total. The van der Waals surface area contributed by atoms with Gasteiger partial charge in [-0.2, -0.15) is 0 Å². The minimum absolute atomic E-state index is 0.105. The zero-order chi connectivity index (χ0) is 17.4. The normalized spacial score (nSPS) is 17.9. The van der Waals surface area contributed by atoms with Gasteiger partial charge in [0.05, 0.1) is 4.92 Å². The Morgan fingerprint density at radius 1 is 1.33 bits per heavy atom. The Morgan fingerprint density at radius 2 is 2.00 bits per heavy atom. The Kier molecular flexibility index (Phi) is 4.13. The molecule has 8 heteroatoms.